The smallest absolute Gasteiger partial charge is 0.290 e. The normalized spacial score (nSPS) is 15.6. The Bertz CT molecular complexity index is 1200. The monoisotopic (exact) mass is 455 g/mol. The number of rotatable bonds is 8. The van der Waals surface area contributed by atoms with Crippen LogP contribution in [0.4, 0.5) is 0 Å². The van der Waals surface area contributed by atoms with Crippen LogP contribution in [-0.2, 0) is 4.74 Å². The average Bonchev–Trinajstić information content (AvgIpc) is 3.04. The lowest BCUT2D eigenvalue weighted by molar-refractivity contribution is 0.0593. The van der Waals surface area contributed by atoms with E-state index in [2.05, 4.69) is 0 Å². The van der Waals surface area contributed by atoms with Crippen LogP contribution in [0, 0.1) is 0 Å². The number of hydrogen-bond acceptors (Lipinski definition) is 5. The SMILES string of the molecule is CCOc1cccc(C2c3c(oc4ccc(Cl)cc4c3=O)C(=O)N2CCCOC(C)C)c1. The minimum Gasteiger partial charge on any atom is -0.494 e. The Hall–Kier alpha value is -2.83. The second-order valence-electron chi connectivity index (χ2n) is 7.99. The third kappa shape index (κ3) is 4.25. The molecule has 7 heteroatoms. The molecule has 2 heterocycles. The molecule has 1 atom stereocenters. The lowest BCUT2D eigenvalue weighted by Crippen LogP contribution is -2.31. The molecule has 0 spiro atoms. The van der Waals surface area contributed by atoms with Crippen molar-refractivity contribution in [2.45, 2.75) is 39.3 Å². The third-order valence-corrected chi connectivity index (χ3v) is 5.64. The Morgan fingerprint density at radius 1 is 1.16 bits per heavy atom. The molecule has 0 bridgehead atoms. The first-order valence-corrected chi connectivity index (χ1v) is 11.2. The summed E-state index contributed by atoms with van der Waals surface area (Å²) in [6.45, 7) is 7.31. The zero-order valence-electron chi connectivity index (χ0n) is 18.4. The fraction of sp³-hybridized carbons (Fsp3) is 0.360. The number of ether oxygens (including phenoxy) is 2. The molecule has 0 saturated carbocycles. The molecule has 4 rings (SSSR count). The molecule has 1 aromatic heterocycles. The van der Waals surface area contributed by atoms with Gasteiger partial charge in [-0.15, -0.1) is 0 Å². The zero-order chi connectivity index (χ0) is 22.8. The van der Waals surface area contributed by atoms with Gasteiger partial charge in [0.15, 0.2) is 5.43 Å². The molecular weight excluding hydrogens is 430 g/mol. The van der Waals surface area contributed by atoms with Crippen LogP contribution < -0.4 is 10.2 Å². The lowest BCUT2D eigenvalue weighted by Gasteiger charge is -2.25. The highest BCUT2D eigenvalue weighted by molar-refractivity contribution is 6.31. The van der Waals surface area contributed by atoms with E-state index in [4.69, 9.17) is 25.5 Å². The Labute approximate surface area is 191 Å². The van der Waals surface area contributed by atoms with Gasteiger partial charge in [-0.1, -0.05) is 23.7 Å². The third-order valence-electron chi connectivity index (χ3n) is 5.41. The van der Waals surface area contributed by atoms with Crippen molar-refractivity contribution in [3.05, 3.63) is 74.6 Å². The quantitative estimate of drug-likeness (QED) is 0.436. The van der Waals surface area contributed by atoms with Crippen molar-refractivity contribution in [3.8, 4) is 5.75 Å². The van der Waals surface area contributed by atoms with Gasteiger partial charge in [0.2, 0.25) is 5.76 Å². The van der Waals surface area contributed by atoms with Crippen LogP contribution in [0.5, 0.6) is 5.75 Å². The molecule has 1 unspecified atom stereocenters. The van der Waals surface area contributed by atoms with Crippen LogP contribution in [0.3, 0.4) is 0 Å². The first-order valence-electron chi connectivity index (χ1n) is 10.8. The van der Waals surface area contributed by atoms with Gasteiger partial charge in [-0.2, -0.15) is 0 Å². The van der Waals surface area contributed by atoms with Crippen LogP contribution >= 0.6 is 11.6 Å². The maximum atomic E-state index is 13.5. The van der Waals surface area contributed by atoms with Crippen LogP contribution in [0.2, 0.25) is 5.02 Å². The molecule has 32 heavy (non-hydrogen) atoms. The van der Waals surface area contributed by atoms with Crippen molar-refractivity contribution in [3.63, 3.8) is 0 Å². The molecule has 0 saturated heterocycles. The minimum absolute atomic E-state index is 0.0846. The van der Waals surface area contributed by atoms with Gasteiger partial charge >= 0.3 is 0 Å². The largest absolute Gasteiger partial charge is 0.494 e. The van der Waals surface area contributed by atoms with Crippen molar-refractivity contribution in [2.24, 2.45) is 0 Å². The highest BCUT2D eigenvalue weighted by Gasteiger charge is 2.42. The van der Waals surface area contributed by atoms with Gasteiger partial charge in [0.25, 0.3) is 5.91 Å². The molecule has 1 amide bonds. The minimum atomic E-state index is -0.573. The summed E-state index contributed by atoms with van der Waals surface area (Å²) < 4.78 is 17.2. The molecule has 168 valence electrons. The second kappa shape index (κ2) is 9.35. The summed E-state index contributed by atoms with van der Waals surface area (Å²) in [5.74, 6) is 0.467. The molecule has 3 aromatic rings. The molecule has 2 aromatic carbocycles. The van der Waals surface area contributed by atoms with E-state index in [0.717, 1.165) is 5.56 Å². The maximum Gasteiger partial charge on any atom is 0.290 e. The summed E-state index contributed by atoms with van der Waals surface area (Å²) in [5.41, 5.74) is 1.23. The number of hydrogen-bond donors (Lipinski definition) is 0. The highest BCUT2D eigenvalue weighted by atomic mass is 35.5. The van der Waals surface area contributed by atoms with Gasteiger partial charge in [-0.05, 0) is 63.1 Å². The predicted octanol–water partition coefficient (Wildman–Crippen LogP) is 5.21. The van der Waals surface area contributed by atoms with Crippen molar-refractivity contribution in [1.29, 1.82) is 0 Å². The fourth-order valence-electron chi connectivity index (χ4n) is 4.06. The predicted molar refractivity (Wildman–Crippen MR) is 124 cm³/mol. The zero-order valence-corrected chi connectivity index (χ0v) is 19.1. The average molecular weight is 456 g/mol. The molecule has 0 aliphatic carbocycles. The van der Waals surface area contributed by atoms with Gasteiger partial charge in [0.1, 0.15) is 11.3 Å². The van der Waals surface area contributed by atoms with E-state index in [0.29, 0.717) is 53.5 Å². The lowest BCUT2D eigenvalue weighted by atomic mass is 9.98. The van der Waals surface area contributed by atoms with Crippen LogP contribution in [0.1, 0.15) is 54.9 Å². The molecule has 0 radical (unpaired) electrons. The summed E-state index contributed by atoms with van der Waals surface area (Å²) in [6.07, 6.45) is 0.748. The van der Waals surface area contributed by atoms with Crippen LogP contribution in [0.25, 0.3) is 11.0 Å². The van der Waals surface area contributed by atoms with Crippen molar-refractivity contribution < 1.29 is 18.7 Å². The van der Waals surface area contributed by atoms with Gasteiger partial charge < -0.3 is 18.8 Å². The standard InChI is InChI=1S/C25H26ClNO5/c1-4-30-18-8-5-7-16(13-18)22-21-23(28)19-14-17(26)9-10-20(19)32-24(21)25(29)27(22)11-6-12-31-15(2)3/h5,7-10,13-15,22H,4,6,11-12H2,1-3H3. The summed E-state index contributed by atoms with van der Waals surface area (Å²) in [6, 6.07) is 11.8. The van der Waals surface area contributed by atoms with E-state index in [9.17, 15) is 9.59 Å². The molecule has 0 fully saturated rings. The van der Waals surface area contributed by atoms with Gasteiger partial charge in [-0.3, -0.25) is 9.59 Å². The van der Waals surface area contributed by atoms with E-state index in [1.54, 1.807) is 23.1 Å². The van der Waals surface area contributed by atoms with Crippen molar-refractivity contribution in [2.75, 3.05) is 19.8 Å². The maximum absolute atomic E-state index is 13.5. The number of carbonyl (C=O) groups excluding carboxylic acids is 1. The number of carbonyl (C=O) groups is 1. The molecule has 1 aliphatic rings. The van der Waals surface area contributed by atoms with Crippen LogP contribution in [-0.4, -0.2) is 36.7 Å². The number of benzene rings is 2. The van der Waals surface area contributed by atoms with E-state index in [1.807, 2.05) is 45.0 Å². The fourth-order valence-corrected chi connectivity index (χ4v) is 4.24. The van der Waals surface area contributed by atoms with Gasteiger partial charge in [0, 0.05) is 18.2 Å². The molecule has 1 aliphatic heterocycles. The van der Waals surface area contributed by atoms with Gasteiger partial charge in [0.05, 0.1) is 29.7 Å². The Morgan fingerprint density at radius 2 is 1.97 bits per heavy atom. The van der Waals surface area contributed by atoms with E-state index >= 15 is 0 Å². The molecule has 6 nitrogen and oxygen atoms in total. The number of halogens is 1. The second-order valence-corrected chi connectivity index (χ2v) is 8.43. The first kappa shape index (κ1) is 22.4. The molecule has 0 N–H and O–H groups in total. The Morgan fingerprint density at radius 3 is 2.72 bits per heavy atom. The van der Waals surface area contributed by atoms with Crippen LogP contribution in [0.15, 0.2) is 51.7 Å². The molecular formula is C25H26ClNO5. The van der Waals surface area contributed by atoms with E-state index < -0.39 is 6.04 Å². The number of nitrogens with zero attached hydrogens (tertiary/aromatic N) is 1. The summed E-state index contributed by atoms with van der Waals surface area (Å²) >= 11 is 6.13. The summed E-state index contributed by atoms with van der Waals surface area (Å²) in [7, 11) is 0. The van der Waals surface area contributed by atoms with Crippen molar-refractivity contribution >= 4 is 28.5 Å². The van der Waals surface area contributed by atoms with Crippen molar-refractivity contribution in [1.82, 2.24) is 4.90 Å². The Balaban J connectivity index is 1.82. The first-order chi connectivity index (χ1) is 15.4. The van der Waals surface area contributed by atoms with E-state index in [1.165, 1.54) is 0 Å². The highest BCUT2D eigenvalue weighted by Crippen LogP contribution is 2.39. The van der Waals surface area contributed by atoms with E-state index in [-0.39, 0.29) is 23.2 Å². The Kier molecular flexibility index (Phi) is 6.53. The summed E-state index contributed by atoms with van der Waals surface area (Å²) in [4.78, 5) is 28.6. The summed E-state index contributed by atoms with van der Waals surface area (Å²) in [5, 5.41) is 0.798. The topological polar surface area (TPSA) is 69.0 Å². The van der Waals surface area contributed by atoms with Gasteiger partial charge in [-0.25, -0.2) is 0 Å². The number of fused-ring (bicyclic) bond motifs is 2. The number of amides is 1.